The van der Waals surface area contributed by atoms with E-state index < -0.39 is 17.5 Å². The van der Waals surface area contributed by atoms with Crippen LogP contribution in [0.3, 0.4) is 0 Å². The number of nitrogens with one attached hydrogen (secondary N) is 2. The smallest absolute Gasteiger partial charge is 0.320 e. The summed E-state index contributed by atoms with van der Waals surface area (Å²) < 4.78 is 0. The van der Waals surface area contributed by atoms with E-state index >= 15 is 0 Å². The number of hydrogen-bond donors (Lipinski definition) is 4. The molecule has 0 heterocycles. The molecule has 3 unspecified atom stereocenters. The lowest BCUT2D eigenvalue weighted by Crippen LogP contribution is -3.08. The van der Waals surface area contributed by atoms with Crippen molar-refractivity contribution in [2.75, 3.05) is 12.8 Å². The Bertz CT molecular complexity index is 538. The van der Waals surface area contributed by atoms with Gasteiger partial charge in [0.05, 0.1) is 24.5 Å². The summed E-state index contributed by atoms with van der Waals surface area (Å²) in [4.78, 5) is 25.6. The van der Waals surface area contributed by atoms with Gasteiger partial charge in [-0.1, -0.05) is 13.8 Å². The second kappa shape index (κ2) is 6.89. The molecule has 122 valence electrons. The number of benzene rings is 1. The van der Waals surface area contributed by atoms with E-state index in [2.05, 4.69) is 5.32 Å². The fourth-order valence-corrected chi connectivity index (χ4v) is 2.12. The molecule has 0 saturated heterocycles. The summed E-state index contributed by atoms with van der Waals surface area (Å²) in [5.74, 6) is -0.758. The van der Waals surface area contributed by atoms with Crippen molar-refractivity contribution in [2.24, 2.45) is 17.1 Å². The first kappa shape index (κ1) is 18.1. The van der Waals surface area contributed by atoms with Crippen LogP contribution >= 0.6 is 0 Å². The Hall–Kier alpha value is -1.92. The van der Waals surface area contributed by atoms with Crippen LogP contribution in [0.4, 0.5) is 11.4 Å². The molecule has 2 amide bonds. The van der Waals surface area contributed by atoms with E-state index in [1.54, 1.807) is 46.9 Å². The number of anilines is 1. The lowest BCUT2D eigenvalue weighted by Gasteiger charge is -2.30. The Morgan fingerprint density at radius 1 is 1.18 bits per heavy atom. The van der Waals surface area contributed by atoms with E-state index in [4.69, 9.17) is 11.5 Å². The monoisotopic (exact) mass is 307 g/mol. The molecule has 0 aromatic heterocycles. The highest BCUT2D eigenvalue weighted by atomic mass is 16.2. The van der Waals surface area contributed by atoms with Crippen LogP contribution in [-0.2, 0) is 9.59 Å². The maximum absolute atomic E-state index is 12.7. The second-order valence-electron chi connectivity index (χ2n) is 6.32. The van der Waals surface area contributed by atoms with E-state index in [1.165, 1.54) is 0 Å². The van der Waals surface area contributed by atoms with E-state index in [0.717, 1.165) is 5.69 Å². The molecule has 6 heteroatoms. The maximum atomic E-state index is 12.7. The zero-order valence-electron chi connectivity index (χ0n) is 13.9. The van der Waals surface area contributed by atoms with Gasteiger partial charge in [-0.2, -0.15) is 0 Å². The Labute approximate surface area is 131 Å². The van der Waals surface area contributed by atoms with Gasteiger partial charge >= 0.3 is 5.91 Å². The maximum Gasteiger partial charge on any atom is 0.320 e. The SMILES string of the molecule is CC(N)NC(=O)C(C)(C)C(C)C(=O)[NH+](C)c1ccc(N)cc1. The summed E-state index contributed by atoms with van der Waals surface area (Å²) in [5.41, 5.74) is 11.9. The number of nitrogens with two attached hydrogens (primary N) is 2. The van der Waals surface area contributed by atoms with Crippen molar-refractivity contribution in [3.05, 3.63) is 24.3 Å². The zero-order valence-corrected chi connectivity index (χ0v) is 13.9. The fraction of sp³-hybridized carbons (Fsp3) is 0.500. The van der Waals surface area contributed by atoms with E-state index in [0.29, 0.717) is 10.6 Å². The van der Waals surface area contributed by atoms with Gasteiger partial charge in [-0.05, 0) is 26.0 Å². The summed E-state index contributed by atoms with van der Waals surface area (Å²) in [6.07, 6.45) is -0.448. The molecule has 1 aromatic rings. The number of quaternary nitrogens is 1. The highest BCUT2D eigenvalue weighted by Crippen LogP contribution is 2.26. The molecular formula is C16H27N4O2+. The largest absolute Gasteiger partial charge is 0.399 e. The minimum absolute atomic E-state index is 0.0606. The minimum atomic E-state index is -0.847. The molecule has 0 saturated carbocycles. The molecule has 22 heavy (non-hydrogen) atoms. The molecule has 0 fully saturated rings. The van der Waals surface area contributed by atoms with Crippen molar-refractivity contribution in [1.29, 1.82) is 0 Å². The van der Waals surface area contributed by atoms with Crippen molar-refractivity contribution in [3.63, 3.8) is 0 Å². The lowest BCUT2D eigenvalue weighted by atomic mass is 9.78. The van der Waals surface area contributed by atoms with Crippen LogP contribution in [0.1, 0.15) is 27.7 Å². The minimum Gasteiger partial charge on any atom is -0.399 e. The van der Waals surface area contributed by atoms with Crippen LogP contribution in [0.2, 0.25) is 0 Å². The third-order valence-electron chi connectivity index (χ3n) is 4.13. The van der Waals surface area contributed by atoms with Crippen LogP contribution in [0.25, 0.3) is 0 Å². The van der Waals surface area contributed by atoms with Crippen LogP contribution in [0, 0.1) is 11.3 Å². The van der Waals surface area contributed by atoms with Gasteiger partial charge in [0.25, 0.3) is 0 Å². The Morgan fingerprint density at radius 3 is 2.14 bits per heavy atom. The molecule has 0 aliphatic carbocycles. The van der Waals surface area contributed by atoms with Gasteiger partial charge in [0.15, 0.2) is 0 Å². The van der Waals surface area contributed by atoms with E-state index in [9.17, 15) is 9.59 Å². The molecule has 1 aromatic carbocycles. The highest BCUT2D eigenvalue weighted by Gasteiger charge is 2.42. The summed E-state index contributed by atoms with van der Waals surface area (Å²) in [6.45, 7) is 6.96. The van der Waals surface area contributed by atoms with Crippen molar-refractivity contribution in [3.8, 4) is 0 Å². The summed E-state index contributed by atoms with van der Waals surface area (Å²) >= 11 is 0. The average Bonchev–Trinajstić information content (AvgIpc) is 2.44. The molecule has 1 rings (SSSR count). The molecule has 0 radical (unpaired) electrons. The number of rotatable bonds is 5. The average molecular weight is 307 g/mol. The predicted octanol–water partition coefficient (Wildman–Crippen LogP) is 0.0248. The number of hydrogen-bond acceptors (Lipinski definition) is 4. The first-order valence-electron chi connectivity index (χ1n) is 7.37. The number of nitrogen functional groups attached to an aromatic ring is 1. The second-order valence-corrected chi connectivity index (χ2v) is 6.32. The van der Waals surface area contributed by atoms with Crippen LogP contribution in [0.15, 0.2) is 24.3 Å². The van der Waals surface area contributed by atoms with Crippen molar-refractivity contribution in [2.45, 2.75) is 33.9 Å². The Balaban J connectivity index is 2.91. The summed E-state index contributed by atoms with van der Waals surface area (Å²) in [6, 6.07) is 7.13. The number of amides is 2. The molecule has 6 nitrogen and oxygen atoms in total. The third-order valence-corrected chi connectivity index (χ3v) is 4.13. The third kappa shape index (κ3) is 4.05. The fourth-order valence-electron chi connectivity index (χ4n) is 2.12. The molecular weight excluding hydrogens is 280 g/mol. The molecule has 3 atom stereocenters. The van der Waals surface area contributed by atoms with Crippen molar-refractivity contribution >= 4 is 23.2 Å². The van der Waals surface area contributed by atoms with Gasteiger partial charge in [0.1, 0.15) is 5.69 Å². The highest BCUT2D eigenvalue weighted by molar-refractivity contribution is 5.87. The molecule has 0 spiro atoms. The predicted molar refractivity (Wildman–Crippen MR) is 87.1 cm³/mol. The summed E-state index contributed by atoms with van der Waals surface area (Å²) in [5, 5.41) is 2.67. The molecule has 0 aliphatic heterocycles. The van der Waals surface area contributed by atoms with Gasteiger partial charge in [-0.15, -0.1) is 0 Å². The van der Waals surface area contributed by atoms with Crippen LogP contribution in [0.5, 0.6) is 0 Å². The first-order valence-corrected chi connectivity index (χ1v) is 7.37. The van der Waals surface area contributed by atoms with E-state index in [1.807, 2.05) is 12.1 Å². The first-order chi connectivity index (χ1) is 10.1. The van der Waals surface area contributed by atoms with Crippen molar-refractivity contribution < 1.29 is 14.5 Å². The van der Waals surface area contributed by atoms with Crippen molar-refractivity contribution in [1.82, 2.24) is 5.32 Å². The zero-order chi connectivity index (χ0) is 17.1. The van der Waals surface area contributed by atoms with Crippen LogP contribution < -0.4 is 21.7 Å². The normalized spacial score (nSPS) is 15.7. The quantitative estimate of drug-likeness (QED) is 0.455. The molecule has 0 bridgehead atoms. The van der Waals surface area contributed by atoms with Gasteiger partial charge in [0, 0.05) is 17.8 Å². The van der Waals surface area contributed by atoms with Gasteiger partial charge in [-0.3, -0.25) is 4.79 Å². The van der Waals surface area contributed by atoms with Gasteiger partial charge in [0.2, 0.25) is 5.91 Å². The van der Waals surface area contributed by atoms with Gasteiger partial charge < -0.3 is 16.8 Å². The number of carbonyl (C=O) groups excluding carboxylic acids is 2. The summed E-state index contributed by atoms with van der Waals surface area (Å²) in [7, 11) is 1.77. The van der Waals surface area contributed by atoms with Crippen LogP contribution in [-0.4, -0.2) is 25.0 Å². The molecule has 0 aliphatic rings. The molecule has 6 N–H and O–H groups in total. The Kier molecular flexibility index (Phi) is 5.68. The van der Waals surface area contributed by atoms with E-state index in [-0.39, 0.29) is 11.8 Å². The van der Waals surface area contributed by atoms with Gasteiger partial charge in [-0.25, -0.2) is 9.69 Å². The topological polar surface area (TPSA) is 103 Å². The lowest BCUT2D eigenvalue weighted by molar-refractivity contribution is -0.727. The standard InChI is InChI=1S/C16H26N4O2/c1-10(16(3,4)15(22)19-11(2)17)14(21)20(5)13-8-6-12(18)7-9-13/h6-11H,17-18H2,1-5H3,(H,19,22)/p+1. The number of carbonyl (C=O) groups is 2. The Morgan fingerprint density at radius 2 is 1.68 bits per heavy atom.